The average molecular weight is 449 g/mol. The number of aliphatic imine (C=N–C) groups is 1. The van der Waals surface area contributed by atoms with Crippen molar-refractivity contribution in [1.82, 2.24) is 0 Å². The number of nitrogens with one attached hydrogen (secondary N) is 1. The summed E-state index contributed by atoms with van der Waals surface area (Å²) >= 11 is 0. The van der Waals surface area contributed by atoms with Gasteiger partial charge in [0, 0.05) is 29.1 Å². The van der Waals surface area contributed by atoms with E-state index < -0.39 is 11.0 Å². The summed E-state index contributed by atoms with van der Waals surface area (Å²) in [6.45, 7) is 15.0. The van der Waals surface area contributed by atoms with Gasteiger partial charge in [-0.15, -0.1) is 0 Å². The van der Waals surface area contributed by atoms with Crippen molar-refractivity contribution in [3.8, 4) is 11.5 Å². The summed E-state index contributed by atoms with van der Waals surface area (Å²) in [6, 6.07) is 12.5. The third kappa shape index (κ3) is 6.43. The molecule has 2 aromatic rings. The molecule has 1 atom stereocenters. The number of benzene rings is 2. The number of nitrogens with zero attached hydrogens (tertiary/aromatic N) is 1. The molecule has 0 aromatic heterocycles. The van der Waals surface area contributed by atoms with E-state index in [0.29, 0.717) is 27.8 Å². The third-order valence-electron chi connectivity index (χ3n) is 4.38. The lowest BCUT2D eigenvalue weighted by Crippen LogP contribution is -2.05. The molecule has 0 saturated carbocycles. The molecule has 1 unspecified atom stereocenters. The van der Waals surface area contributed by atoms with Gasteiger partial charge in [-0.3, -0.25) is 4.99 Å². The first kappa shape index (κ1) is 24.6. The van der Waals surface area contributed by atoms with Crippen molar-refractivity contribution >= 4 is 28.5 Å². The van der Waals surface area contributed by atoms with Gasteiger partial charge in [-0.1, -0.05) is 31.9 Å². The van der Waals surface area contributed by atoms with Gasteiger partial charge in [0.2, 0.25) is 0 Å². The molecule has 2 aromatic carbocycles. The van der Waals surface area contributed by atoms with E-state index in [-0.39, 0.29) is 0 Å². The number of hydrogen-bond acceptors (Lipinski definition) is 4. The Hall–Kier alpha value is -3.64. The summed E-state index contributed by atoms with van der Waals surface area (Å²) < 4.78 is 27.1. The Morgan fingerprint density at radius 3 is 2.38 bits per heavy atom. The highest BCUT2D eigenvalue weighted by Gasteiger charge is 2.12. The van der Waals surface area contributed by atoms with Crippen molar-refractivity contribution in [3.05, 3.63) is 104 Å². The van der Waals surface area contributed by atoms with Crippen molar-refractivity contribution < 1.29 is 13.7 Å². The Morgan fingerprint density at radius 1 is 1.09 bits per heavy atom. The molecule has 0 amide bonds. The van der Waals surface area contributed by atoms with Crippen molar-refractivity contribution in [2.45, 2.75) is 18.7 Å². The van der Waals surface area contributed by atoms with E-state index in [1.165, 1.54) is 0 Å². The Bertz CT molecular complexity index is 1100. The van der Waals surface area contributed by atoms with Gasteiger partial charge in [-0.05, 0) is 62.4 Å². The van der Waals surface area contributed by atoms with Crippen molar-refractivity contribution in [2.24, 2.45) is 4.99 Å². The number of ether oxygens (including phenoxy) is 2. The van der Waals surface area contributed by atoms with Crippen LogP contribution < -0.4 is 14.2 Å². The standard InChI is InChI=1S/C26H28N2O3S/c1-7-11-21(8-2)31-22-13-15-23(16-14-22)32(29)28-20-12-17-25(26(18-20)30-6)24(9-3)19(5)27-10-4/h7-18,28H,1-3H2,4-6H3/b21-11+,24-19+,27-10?. The first-order valence-corrected chi connectivity index (χ1v) is 11.0. The zero-order chi connectivity index (χ0) is 23.5. The van der Waals surface area contributed by atoms with Gasteiger partial charge in [0.15, 0.2) is 0 Å². The fourth-order valence-corrected chi connectivity index (χ4v) is 3.73. The number of anilines is 1. The molecule has 1 N–H and O–H groups in total. The minimum absolute atomic E-state index is 0.576. The van der Waals surface area contributed by atoms with Crippen molar-refractivity contribution in [3.63, 3.8) is 0 Å². The van der Waals surface area contributed by atoms with Gasteiger partial charge in [-0.25, -0.2) is 4.21 Å². The lowest BCUT2D eigenvalue weighted by Gasteiger charge is -2.14. The molecule has 0 spiro atoms. The van der Waals surface area contributed by atoms with Crippen LogP contribution in [0.2, 0.25) is 0 Å². The number of rotatable bonds is 11. The molecule has 0 aliphatic carbocycles. The van der Waals surface area contributed by atoms with Crippen LogP contribution in [0, 0.1) is 0 Å². The number of methoxy groups -OCH3 is 1. The third-order valence-corrected chi connectivity index (χ3v) is 5.50. The minimum Gasteiger partial charge on any atom is -0.496 e. The molecule has 0 aliphatic rings. The monoisotopic (exact) mass is 448 g/mol. The van der Waals surface area contributed by atoms with Crippen molar-refractivity contribution in [1.29, 1.82) is 0 Å². The lowest BCUT2D eigenvalue weighted by atomic mass is 10.0. The van der Waals surface area contributed by atoms with Gasteiger partial charge in [-0.2, -0.15) is 0 Å². The molecule has 0 radical (unpaired) electrons. The van der Waals surface area contributed by atoms with Crippen molar-refractivity contribution in [2.75, 3.05) is 11.8 Å². The molecule has 166 valence electrons. The van der Waals surface area contributed by atoms with Crippen LogP contribution in [-0.2, 0) is 11.0 Å². The molecule has 0 saturated heterocycles. The normalized spacial score (nSPS) is 13.2. The van der Waals surface area contributed by atoms with Gasteiger partial charge < -0.3 is 14.2 Å². The molecule has 5 nitrogen and oxygen atoms in total. The van der Waals surface area contributed by atoms with Gasteiger partial charge in [0.25, 0.3) is 0 Å². The summed E-state index contributed by atoms with van der Waals surface area (Å²) in [5.41, 5.74) is 3.21. The number of allylic oxidation sites excluding steroid dienone is 6. The summed E-state index contributed by atoms with van der Waals surface area (Å²) in [7, 11) is 0.124. The zero-order valence-electron chi connectivity index (χ0n) is 18.6. The van der Waals surface area contributed by atoms with Crippen LogP contribution in [0.4, 0.5) is 5.69 Å². The maximum atomic E-state index is 12.8. The first-order valence-electron chi connectivity index (χ1n) is 9.89. The fraction of sp³-hybridized carbons (Fsp3) is 0.115. The highest BCUT2D eigenvalue weighted by atomic mass is 32.2. The summed E-state index contributed by atoms with van der Waals surface area (Å²) in [5.74, 6) is 1.81. The molecule has 32 heavy (non-hydrogen) atoms. The highest BCUT2D eigenvalue weighted by molar-refractivity contribution is 7.86. The van der Waals surface area contributed by atoms with E-state index in [0.717, 1.165) is 16.8 Å². The van der Waals surface area contributed by atoms with E-state index in [1.54, 1.807) is 68.0 Å². The van der Waals surface area contributed by atoms with Crippen LogP contribution in [0.1, 0.15) is 19.4 Å². The Morgan fingerprint density at radius 2 is 1.81 bits per heavy atom. The van der Waals surface area contributed by atoms with E-state index in [4.69, 9.17) is 9.47 Å². The van der Waals surface area contributed by atoms with E-state index in [1.807, 2.05) is 26.0 Å². The number of hydrogen-bond donors (Lipinski definition) is 1. The molecular formula is C26H28N2O3S. The maximum Gasteiger partial charge on any atom is 0.150 e. The van der Waals surface area contributed by atoms with Crippen LogP contribution in [0.5, 0.6) is 11.5 Å². The molecule has 0 bridgehead atoms. The molecule has 6 heteroatoms. The minimum atomic E-state index is -1.47. The second-order valence-electron chi connectivity index (χ2n) is 6.46. The van der Waals surface area contributed by atoms with Gasteiger partial charge in [0.05, 0.1) is 17.7 Å². The first-order chi connectivity index (χ1) is 15.5. The van der Waals surface area contributed by atoms with E-state index in [9.17, 15) is 4.21 Å². The largest absolute Gasteiger partial charge is 0.496 e. The van der Waals surface area contributed by atoms with Crippen LogP contribution in [0.3, 0.4) is 0 Å². The molecule has 0 heterocycles. The Kier molecular flexibility index (Phi) is 9.44. The lowest BCUT2D eigenvalue weighted by molar-refractivity contribution is 0.414. The molecule has 2 rings (SSSR count). The second kappa shape index (κ2) is 12.3. The summed E-state index contributed by atoms with van der Waals surface area (Å²) in [6.07, 6.45) is 8.40. The highest BCUT2D eigenvalue weighted by Crippen LogP contribution is 2.32. The Labute approximate surface area is 192 Å². The summed E-state index contributed by atoms with van der Waals surface area (Å²) in [4.78, 5) is 4.94. The van der Waals surface area contributed by atoms with Gasteiger partial charge >= 0.3 is 0 Å². The predicted octanol–water partition coefficient (Wildman–Crippen LogP) is 6.47. The summed E-state index contributed by atoms with van der Waals surface area (Å²) in [5, 5.41) is 0. The molecular weight excluding hydrogens is 420 g/mol. The molecule has 0 fully saturated rings. The quantitative estimate of drug-likeness (QED) is 0.243. The maximum absolute atomic E-state index is 12.8. The topological polar surface area (TPSA) is 59.9 Å². The van der Waals surface area contributed by atoms with Crippen LogP contribution >= 0.6 is 0 Å². The van der Waals surface area contributed by atoms with Crippen LogP contribution in [0.15, 0.2) is 108 Å². The predicted molar refractivity (Wildman–Crippen MR) is 136 cm³/mol. The molecule has 0 aliphatic heterocycles. The SMILES string of the molecule is C=C/C=C(\C=C)Oc1ccc(S(=O)Nc2ccc(/C(C=C)=C(\C)N=CC)c(OC)c2)cc1. The van der Waals surface area contributed by atoms with Crippen LogP contribution in [0.25, 0.3) is 5.57 Å². The Balaban J connectivity index is 2.22. The fourth-order valence-electron chi connectivity index (χ4n) is 2.89. The zero-order valence-corrected chi connectivity index (χ0v) is 19.4. The van der Waals surface area contributed by atoms with E-state index in [2.05, 4.69) is 29.5 Å². The van der Waals surface area contributed by atoms with E-state index >= 15 is 0 Å². The smallest absolute Gasteiger partial charge is 0.150 e. The average Bonchev–Trinajstić information content (AvgIpc) is 2.80. The van der Waals surface area contributed by atoms with Crippen LogP contribution in [-0.4, -0.2) is 17.5 Å². The second-order valence-corrected chi connectivity index (χ2v) is 7.67. The van der Waals surface area contributed by atoms with Gasteiger partial charge in [0.1, 0.15) is 28.2 Å².